The average Bonchev–Trinajstić information content (AvgIpc) is 2.46. The van der Waals surface area contributed by atoms with Crippen LogP contribution in [0.2, 0.25) is 0 Å². The molecule has 0 saturated heterocycles. The standard InChI is InChI=1S/C16H22BrNO3S/c1-9(2)15(16(20)21-5)18-14(19)8-22-13-7-10(3)12(17)6-11(13)4/h6-7,9,15H,8H2,1-5H3,(H,18,19)/t15-/m0/s1. The Kier molecular flexibility index (Phi) is 7.42. The number of methoxy groups -OCH3 is 1. The molecule has 1 rings (SSSR count). The third kappa shape index (κ3) is 5.32. The van der Waals surface area contributed by atoms with Crippen molar-refractivity contribution in [2.45, 2.75) is 38.6 Å². The highest BCUT2D eigenvalue weighted by molar-refractivity contribution is 9.10. The van der Waals surface area contributed by atoms with Gasteiger partial charge in [-0.1, -0.05) is 29.8 Å². The molecule has 1 atom stereocenters. The molecule has 0 bridgehead atoms. The Labute approximate surface area is 144 Å². The van der Waals surface area contributed by atoms with E-state index in [-0.39, 0.29) is 17.6 Å². The van der Waals surface area contributed by atoms with E-state index < -0.39 is 12.0 Å². The number of nitrogens with one attached hydrogen (secondary N) is 1. The maximum atomic E-state index is 12.1. The Morgan fingerprint density at radius 1 is 1.27 bits per heavy atom. The van der Waals surface area contributed by atoms with Crippen molar-refractivity contribution in [3.8, 4) is 0 Å². The second-order valence-electron chi connectivity index (χ2n) is 5.47. The molecule has 0 heterocycles. The van der Waals surface area contributed by atoms with Crippen molar-refractivity contribution in [2.75, 3.05) is 12.9 Å². The fourth-order valence-electron chi connectivity index (χ4n) is 1.89. The zero-order chi connectivity index (χ0) is 16.9. The summed E-state index contributed by atoms with van der Waals surface area (Å²) in [4.78, 5) is 24.8. The Morgan fingerprint density at radius 2 is 1.91 bits per heavy atom. The number of aryl methyl sites for hydroxylation is 2. The highest BCUT2D eigenvalue weighted by atomic mass is 79.9. The Balaban J connectivity index is 2.66. The number of carbonyl (C=O) groups excluding carboxylic acids is 2. The number of thioether (sulfide) groups is 1. The molecule has 0 aliphatic heterocycles. The third-order valence-corrected chi connectivity index (χ3v) is 5.26. The van der Waals surface area contributed by atoms with Crippen molar-refractivity contribution >= 4 is 39.6 Å². The Morgan fingerprint density at radius 3 is 2.45 bits per heavy atom. The monoisotopic (exact) mass is 387 g/mol. The lowest BCUT2D eigenvalue weighted by atomic mass is 10.1. The minimum Gasteiger partial charge on any atom is -0.467 e. The van der Waals surface area contributed by atoms with Gasteiger partial charge < -0.3 is 10.1 Å². The van der Waals surface area contributed by atoms with Gasteiger partial charge in [0, 0.05) is 9.37 Å². The van der Waals surface area contributed by atoms with Crippen LogP contribution in [0, 0.1) is 19.8 Å². The first-order chi connectivity index (χ1) is 10.3. The molecule has 1 aromatic rings. The van der Waals surface area contributed by atoms with Crippen LogP contribution in [-0.4, -0.2) is 30.8 Å². The molecule has 0 aliphatic carbocycles. The summed E-state index contributed by atoms with van der Waals surface area (Å²) in [5.74, 6) is -0.335. The summed E-state index contributed by atoms with van der Waals surface area (Å²) in [5, 5.41) is 2.74. The predicted octanol–water partition coefficient (Wildman–Crippen LogP) is 3.47. The van der Waals surface area contributed by atoms with Gasteiger partial charge >= 0.3 is 5.97 Å². The number of carbonyl (C=O) groups is 2. The topological polar surface area (TPSA) is 55.4 Å². The molecule has 6 heteroatoms. The van der Waals surface area contributed by atoms with Gasteiger partial charge in [-0.05, 0) is 43.0 Å². The van der Waals surface area contributed by atoms with Crippen molar-refractivity contribution in [1.29, 1.82) is 0 Å². The number of halogens is 1. The van der Waals surface area contributed by atoms with E-state index in [0.717, 1.165) is 20.5 Å². The van der Waals surface area contributed by atoms with Crippen molar-refractivity contribution in [2.24, 2.45) is 5.92 Å². The first kappa shape index (κ1) is 19.0. The molecule has 0 saturated carbocycles. The SMILES string of the molecule is COC(=O)[C@@H](NC(=O)CSc1cc(C)c(Br)cc1C)C(C)C. The predicted molar refractivity (Wildman–Crippen MR) is 93.1 cm³/mol. The summed E-state index contributed by atoms with van der Waals surface area (Å²) in [7, 11) is 1.33. The van der Waals surface area contributed by atoms with E-state index in [0.29, 0.717) is 0 Å². The fraction of sp³-hybridized carbons (Fsp3) is 0.500. The highest BCUT2D eigenvalue weighted by Gasteiger charge is 2.24. The number of ether oxygens (including phenoxy) is 1. The number of hydrogen-bond donors (Lipinski definition) is 1. The number of hydrogen-bond acceptors (Lipinski definition) is 4. The molecule has 0 aromatic heterocycles. The maximum Gasteiger partial charge on any atom is 0.328 e. The van der Waals surface area contributed by atoms with Gasteiger partial charge in [-0.15, -0.1) is 11.8 Å². The van der Waals surface area contributed by atoms with Gasteiger partial charge in [0.1, 0.15) is 6.04 Å². The zero-order valence-electron chi connectivity index (χ0n) is 13.5. The normalized spacial score (nSPS) is 12.1. The highest BCUT2D eigenvalue weighted by Crippen LogP contribution is 2.28. The van der Waals surface area contributed by atoms with Crippen molar-refractivity contribution < 1.29 is 14.3 Å². The van der Waals surface area contributed by atoms with Crippen LogP contribution in [0.25, 0.3) is 0 Å². The lowest BCUT2D eigenvalue weighted by Gasteiger charge is -2.19. The molecule has 1 N–H and O–H groups in total. The third-order valence-electron chi connectivity index (χ3n) is 3.25. The summed E-state index contributed by atoms with van der Waals surface area (Å²) >= 11 is 4.96. The average molecular weight is 388 g/mol. The minimum atomic E-state index is -0.606. The van der Waals surface area contributed by atoms with Gasteiger partial charge in [-0.2, -0.15) is 0 Å². The molecule has 22 heavy (non-hydrogen) atoms. The quantitative estimate of drug-likeness (QED) is 0.599. The smallest absolute Gasteiger partial charge is 0.328 e. The maximum absolute atomic E-state index is 12.1. The van der Waals surface area contributed by atoms with Crippen LogP contribution in [-0.2, 0) is 14.3 Å². The molecule has 0 fully saturated rings. The second kappa shape index (κ2) is 8.58. The van der Waals surface area contributed by atoms with Gasteiger partial charge in [-0.25, -0.2) is 4.79 Å². The first-order valence-electron chi connectivity index (χ1n) is 7.03. The van der Waals surface area contributed by atoms with Crippen LogP contribution in [0.1, 0.15) is 25.0 Å². The zero-order valence-corrected chi connectivity index (χ0v) is 15.9. The number of benzene rings is 1. The molecular formula is C16H22BrNO3S. The number of esters is 1. The molecule has 0 spiro atoms. The van der Waals surface area contributed by atoms with Gasteiger partial charge in [-0.3, -0.25) is 4.79 Å². The van der Waals surface area contributed by atoms with E-state index in [1.165, 1.54) is 18.9 Å². The van der Waals surface area contributed by atoms with Crippen LogP contribution in [0.3, 0.4) is 0 Å². The lowest BCUT2D eigenvalue weighted by molar-refractivity contribution is -0.146. The van der Waals surface area contributed by atoms with Crippen molar-refractivity contribution in [3.63, 3.8) is 0 Å². The first-order valence-corrected chi connectivity index (χ1v) is 8.80. The molecule has 0 aliphatic rings. The molecule has 4 nitrogen and oxygen atoms in total. The van der Waals surface area contributed by atoms with E-state index in [2.05, 4.69) is 27.3 Å². The minimum absolute atomic E-state index is 0.0157. The summed E-state index contributed by atoms with van der Waals surface area (Å²) in [6.45, 7) is 7.77. The van der Waals surface area contributed by atoms with Crippen molar-refractivity contribution in [3.05, 3.63) is 27.7 Å². The molecule has 122 valence electrons. The van der Waals surface area contributed by atoms with Crippen molar-refractivity contribution in [1.82, 2.24) is 5.32 Å². The lowest BCUT2D eigenvalue weighted by Crippen LogP contribution is -2.45. The summed E-state index contributed by atoms with van der Waals surface area (Å²) < 4.78 is 5.78. The van der Waals surface area contributed by atoms with Gasteiger partial charge in [0.05, 0.1) is 12.9 Å². The van der Waals surface area contributed by atoms with Crippen LogP contribution < -0.4 is 5.32 Å². The second-order valence-corrected chi connectivity index (χ2v) is 7.34. The summed E-state index contributed by atoms with van der Waals surface area (Å²) in [6, 6.07) is 3.49. The van der Waals surface area contributed by atoms with Gasteiger partial charge in [0.15, 0.2) is 0 Å². The molecule has 0 radical (unpaired) electrons. The molecule has 1 aromatic carbocycles. The van der Waals surface area contributed by atoms with Crippen LogP contribution in [0.4, 0.5) is 0 Å². The molecule has 0 unspecified atom stereocenters. The Hall–Kier alpha value is -1.01. The van der Waals surface area contributed by atoms with Crippen LogP contribution in [0.15, 0.2) is 21.5 Å². The molecular weight excluding hydrogens is 366 g/mol. The van der Waals surface area contributed by atoms with E-state index in [4.69, 9.17) is 4.74 Å². The fourth-order valence-corrected chi connectivity index (χ4v) is 3.27. The number of amides is 1. The van der Waals surface area contributed by atoms with Crippen LogP contribution >= 0.6 is 27.7 Å². The molecule has 1 amide bonds. The van der Waals surface area contributed by atoms with E-state index >= 15 is 0 Å². The number of rotatable bonds is 6. The van der Waals surface area contributed by atoms with E-state index in [1.807, 2.05) is 33.8 Å². The van der Waals surface area contributed by atoms with Crippen LogP contribution in [0.5, 0.6) is 0 Å². The van der Waals surface area contributed by atoms with E-state index in [1.54, 1.807) is 0 Å². The Bertz CT molecular complexity index is 561. The van der Waals surface area contributed by atoms with Gasteiger partial charge in [0.2, 0.25) is 5.91 Å². The summed E-state index contributed by atoms with van der Waals surface area (Å²) in [5.41, 5.74) is 2.24. The largest absolute Gasteiger partial charge is 0.467 e. The van der Waals surface area contributed by atoms with E-state index in [9.17, 15) is 9.59 Å². The van der Waals surface area contributed by atoms with Gasteiger partial charge in [0.25, 0.3) is 0 Å². The summed E-state index contributed by atoms with van der Waals surface area (Å²) in [6.07, 6.45) is 0.